The Hall–Kier alpha value is -1.57. The van der Waals surface area contributed by atoms with Gasteiger partial charge in [0.25, 0.3) is 0 Å². The number of hydrogen-bond donors (Lipinski definition) is 2. The van der Waals surface area contributed by atoms with Crippen molar-refractivity contribution in [2.75, 3.05) is 11.9 Å². The number of carbonyl (C=O) groups is 1. The molecule has 1 aromatic heterocycles. The Morgan fingerprint density at radius 1 is 1.50 bits per heavy atom. The van der Waals surface area contributed by atoms with Crippen molar-refractivity contribution in [3.63, 3.8) is 0 Å². The third kappa shape index (κ3) is 3.30. The van der Waals surface area contributed by atoms with E-state index in [1.807, 2.05) is 0 Å². The quantitative estimate of drug-likeness (QED) is 0.870. The van der Waals surface area contributed by atoms with Crippen molar-refractivity contribution < 1.29 is 18.0 Å². The van der Waals surface area contributed by atoms with E-state index in [0.717, 1.165) is 0 Å². The first-order chi connectivity index (χ1) is 9.27. The van der Waals surface area contributed by atoms with Crippen molar-refractivity contribution in [3.05, 3.63) is 11.9 Å². The fourth-order valence-corrected chi connectivity index (χ4v) is 2.30. The number of amides is 1. The number of alkyl halides is 3. The van der Waals surface area contributed by atoms with Gasteiger partial charge in [-0.2, -0.15) is 18.3 Å². The van der Waals surface area contributed by atoms with E-state index >= 15 is 0 Å². The van der Waals surface area contributed by atoms with Crippen molar-refractivity contribution >= 4 is 11.6 Å². The minimum atomic E-state index is -4.20. The van der Waals surface area contributed by atoms with Gasteiger partial charge in [0.2, 0.25) is 5.91 Å². The molecule has 112 valence electrons. The Bertz CT molecular complexity index is 489. The van der Waals surface area contributed by atoms with E-state index in [1.54, 1.807) is 24.9 Å². The molecule has 20 heavy (non-hydrogen) atoms. The summed E-state index contributed by atoms with van der Waals surface area (Å²) in [6.07, 6.45) is -2.39. The Balaban J connectivity index is 1.91. The molecule has 1 fully saturated rings. The summed E-state index contributed by atoms with van der Waals surface area (Å²) in [6.45, 7) is 1.54. The minimum Gasteiger partial charge on any atom is -0.322 e. The average molecular weight is 290 g/mol. The Kier molecular flexibility index (Phi) is 4.03. The van der Waals surface area contributed by atoms with Crippen molar-refractivity contribution in [3.8, 4) is 0 Å². The number of hydrogen-bond acceptors (Lipinski definition) is 3. The maximum Gasteiger partial charge on any atom is 0.393 e. The normalized spacial score (nSPS) is 23.6. The molecule has 2 atom stereocenters. The third-order valence-electron chi connectivity index (χ3n) is 3.47. The molecule has 0 saturated carbocycles. The van der Waals surface area contributed by atoms with Gasteiger partial charge in [-0.1, -0.05) is 0 Å². The molecule has 1 amide bonds. The number of halogens is 3. The van der Waals surface area contributed by atoms with Crippen LogP contribution < -0.4 is 10.6 Å². The molecule has 0 aliphatic carbocycles. The number of carbonyl (C=O) groups excluding carboxylic acids is 1. The number of nitrogens with zero attached hydrogens (tertiary/aromatic N) is 2. The predicted octanol–water partition coefficient (Wildman–Crippen LogP) is 1.60. The van der Waals surface area contributed by atoms with E-state index in [1.165, 1.54) is 0 Å². The lowest BCUT2D eigenvalue weighted by atomic mass is 9.94. The summed E-state index contributed by atoms with van der Waals surface area (Å²) in [6, 6.07) is -0.590. The van der Waals surface area contributed by atoms with E-state index in [-0.39, 0.29) is 25.3 Å². The van der Waals surface area contributed by atoms with Crippen molar-refractivity contribution in [1.29, 1.82) is 0 Å². The van der Waals surface area contributed by atoms with Gasteiger partial charge in [-0.15, -0.1) is 0 Å². The van der Waals surface area contributed by atoms with E-state index in [2.05, 4.69) is 15.7 Å². The van der Waals surface area contributed by atoms with Gasteiger partial charge in [0, 0.05) is 19.8 Å². The second-order valence-corrected chi connectivity index (χ2v) is 5.07. The second kappa shape index (κ2) is 5.43. The van der Waals surface area contributed by atoms with Gasteiger partial charge in [-0.3, -0.25) is 9.48 Å². The maximum absolute atomic E-state index is 12.5. The average Bonchev–Trinajstić information content (AvgIpc) is 2.67. The van der Waals surface area contributed by atoms with Crippen molar-refractivity contribution in [2.24, 2.45) is 13.0 Å². The summed E-state index contributed by atoms with van der Waals surface area (Å²) in [7, 11) is 1.73. The first-order valence-corrected chi connectivity index (χ1v) is 6.38. The fourth-order valence-electron chi connectivity index (χ4n) is 2.30. The van der Waals surface area contributed by atoms with Crippen LogP contribution in [-0.4, -0.2) is 34.5 Å². The zero-order valence-electron chi connectivity index (χ0n) is 11.3. The Labute approximate surface area is 114 Å². The van der Waals surface area contributed by atoms with E-state index in [9.17, 15) is 18.0 Å². The zero-order valence-corrected chi connectivity index (χ0v) is 11.3. The van der Waals surface area contributed by atoms with Crippen LogP contribution in [0.4, 0.5) is 18.9 Å². The summed E-state index contributed by atoms with van der Waals surface area (Å²) in [5.41, 5.74) is 1.25. The van der Waals surface area contributed by atoms with Crippen LogP contribution in [0, 0.1) is 12.8 Å². The summed E-state index contributed by atoms with van der Waals surface area (Å²) in [5.74, 6) is -1.69. The molecule has 2 heterocycles. The summed E-state index contributed by atoms with van der Waals surface area (Å²) in [5, 5.41) is 9.44. The standard InChI is InChI=1S/C12H17F3N4O/c1-7-10(6-19(2)18-7)17-11(20)9-4-3-8(5-16-9)12(13,14)15/h6,8-9,16H,3-5H2,1-2H3,(H,17,20). The number of nitrogens with one attached hydrogen (secondary N) is 2. The van der Waals surface area contributed by atoms with Gasteiger partial charge >= 0.3 is 6.18 Å². The molecule has 2 rings (SSSR count). The molecule has 1 saturated heterocycles. The number of piperidine rings is 1. The molecule has 0 spiro atoms. The van der Waals surface area contributed by atoms with Gasteiger partial charge in [0.15, 0.2) is 0 Å². The number of aryl methyl sites for hydroxylation is 2. The maximum atomic E-state index is 12.5. The topological polar surface area (TPSA) is 59.0 Å². The van der Waals surface area contributed by atoms with Crippen LogP contribution in [0.5, 0.6) is 0 Å². The highest BCUT2D eigenvalue weighted by Crippen LogP contribution is 2.32. The zero-order chi connectivity index (χ0) is 14.9. The smallest absolute Gasteiger partial charge is 0.322 e. The second-order valence-electron chi connectivity index (χ2n) is 5.07. The molecule has 8 heteroatoms. The van der Waals surface area contributed by atoms with E-state index in [0.29, 0.717) is 11.4 Å². The van der Waals surface area contributed by atoms with Gasteiger partial charge in [0.05, 0.1) is 23.3 Å². The summed E-state index contributed by atoms with van der Waals surface area (Å²) >= 11 is 0. The summed E-state index contributed by atoms with van der Waals surface area (Å²) in [4.78, 5) is 12.0. The number of aromatic nitrogens is 2. The first kappa shape index (κ1) is 14.8. The molecule has 1 aliphatic rings. The lowest BCUT2D eigenvalue weighted by Gasteiger charge is -2.30. The highest BCUT2D eigenvalue weighted by Gasteiger charge is 2.42. The highest BCUT2D eigenvalue weighted by molar-refractivity contribution is 5.95. The first-order valence-electron chi connectivity index (χ1n) is 6.38. The van der Waals surface area contributed by atoms with Crippen LogP contribution in [0.1, 0.15) is 18.5 Å². The number of rotatable bonds is 2. The van der Waals surface area contributed by atoms with Gasteiger partial charge in [0.1, 0.15) is 0 Å². The summed E-state index contributed by atoms with van der Waals surface area (Å²) < 4.78 is 39.1. The fraction of sp³-hybridized carbons (Fsp3) is 0.667. The Morgan fingerprint density at radius 2 is 2.20 bits per heavy atom. The SMILES string of the molecule is Cc1nn(C)cc1NC(=O)C1CCC(C(F)(F)F)CN1. The highest BCUT2D eigenvalue weighted by atomic mass is 19.4. The minimum absolute atomic E-state index is 0.0272. The van der Waals surface area contributed by atoms with Crippen LogP contribution in [0.3, 0.4) is 0 Å². The molecule has 1 aliphatic heterocycles. The molecule has 0 bridgehead atoms. The molecule has 2 unspecified atom stereocenters. The van der Waals surface area contributed by atoms with Crippen LogP contribution in [-0.2, 0) is 11.8 Å². The molecule has 5 nitrogen and oxygen atoms in total. The van der Waals surface area contributed by atoms with Crippen molar-refractivity contribution in [2.45, 2.75) is 32.0 Å². The molecule has 1 aromatic rings. The monoisotopic (exact) mass is 290 g/mol. The van der Waals surface area contributed by atoms with Crippen LogP contribution in [0.2, 0.25) is 0 Å². The third-order valence-corrected chi connectivity index (χ3v) is 3.47. The van der Waals surface area contributed by atoms with Gasteiger partial charge in [-0.05, 0) is 19.8 Å². The molecule has 0 aromatic carbocycles. The lowest BCUT2D eigenvalue weighted by molar-refractivity contribution is -0.180. The van der Waals surface area contributed by atoms with Crippen LogP contribution in [0.15, 0.2) is 6.20 Å². The van der Waals surface area contributed by atoms with Crippen molar-refractivity contribution in [1.82, 2.24) is 15.1 Å². The molecular formula is C12H17F3N4O. The van der Waals surface area contributed by atoms with E-state index in [4.69, 9.17) is 0 Å². The molecule has 2 N–H and O–H groups in total. The molecule has 0 radical (unpaired) electrons. The molecular weight excluding hydrogens is 273 g/mol. The van der Waals surface area contributed by atoms with Crippen LogP contribution in [0.25, 0.3) is 0 Å². The Morgan fingerprint density at radius 3 is 2.65 bits per heavy atom. The largest absolute Gasteiger partial charge is 0.393 e. The van der Waals surface area contributed by atoms with Crippen LogP contribution >= 0.6 is 0 Å². The predicted molar refractivity (Wildman–Crippen MR) is 67.1 cm³/mol. The number of anilines is 1. The lowest BCUT2D eigenvalue weighted by Crippen LogP contribution is -2.49. The van der Waals surface area contributed by atoms with E-state index < -0.39 is 18.1 Å². The van der Waals surface area contributed by atoms with Gasteiger partial charge in [-0.25, -0.2) is 0 Å². The van der Waals surface area contributed by atoms with Gasteiger partial charge < -0.3 is 10.6 Å².